The third-order valence-corrected chi connectivity index (χ3v) is 6.79. The maximum absolute atomic E-state index is 13.3. The lowest BCUT2D eigenvalue weighted by Crippen LogP contribution is -2.27. The first-order chi connectivity index (χ1) is 16.1. The Bertz CT molecular complexity index is 1400. The van der Waals surface area contributed by atoms with E-state index < -0.39 is 0 Å². The minimum atomic E-state index is -0.117. The van der Waals surface area contributed by atoms with Gasteiger partial charge in [-0.1, -0.05) is 102 Å². The second-order valence-electron chi connectivity index (χ2n) is 7.83. The van der Waals surface area contributed by atoms with Crippen LogP contribution in [0.25, 0.3) is 16.8 Å². The van der Waals surface area contributed by atoms with Crippen molar-refractivity contribution in [3.63, 3.8) is 0 Å². The van der Waals surface area contributed by atoms with E-state index in [1.165, 1.54) is 17.3 Å². The Hall–Kier alpha value is -3.41. The summed E-state index contributed by atoms with van der Waals surface area (Å²) in [5.41, 5.74) is 3.95. The second kappa shape index (κ2) is 9.22. The molecule has 1 amide bonds. The molecule has 0 saturated carbocycles. The molecular formula is C28H21NO2S2. The summed E-state index contributed by atoms with van der Waals surface area (Å²) in [6.45, 7) is 2.52. The molecule has 4 aromatic rings. The summed E-state index contributed by atoms with van der Waals surface area (Å²) in [5, 5.41) is 2.12. The van der Waals surface area contributed by atoms with Crippen molar-refractivity contribution in [2.45, 2.75) is 13.5 Å². The molecule has 3 nitrogen and oxygen atoms in total. The number of thioether (sulfide) groups is 1. The monoisotopic (exact) mass is 467 g/mol. The largest absolute Gasteiger partial charge is 0.488 e. The van der Waals surface area contributed by atoms with Crippen molar-refractivity contribution < 1.29 is 9.53 Å². The number of carbonyl (C=O) groups excluding carboxylic acids is 1. The molecule has 0 unspecified atom stereocenters. The molecule has 0 aromatic heterocycles. The van der Waals surface area contributed by atoms with E-state index in [0.717, 1.165) is 33.3 Å². The van der Waals surface area contributed by atoms with Gasteiger partial charge < -0.3 is 4.74 Å². The van der Waals surface area contributed by atoms with E-state index in [-0.39, 0.29) is 5.91 Å². The van der Waals surface area contributed by atoms with Crippen molar-refractivity contribution in [2.24, 2.45) is 0 Å². The maximum Gasteiger partial charge on any atom is 0.270 e. The normalized spacial score (nSPS) is 14.9. The zero-order valence-electron chi connectivity index (χ0n) is 18.0. The molecule has 0 atom stereocenters. The van der Waals surface area contributed by atoms with Crippen LogP contribution in [-0.4, -0.2) is 10.2 Å². The maximum atomic E-state index is 13.3. The number of rotatable bonds is 5. The highest BCUT2D eigenvalue weighted by molar-refractivity contribution is 8.27. The van der Waals surface area contributed by atoms with Gasteiger partial charge in [0.25, 0.3) is 5.91 Å². The van der Waals surface area contributed by atoms with Crippen LogP contribution in [-0.2, 0) is 11.4 Å². The third kappa shape index (κ3) is 4.42. The lowest BCUT2D eigenvalue weighted by Gasteiger charge is -2.14. The first kappa shape index (κ1) is 21.4. The molecule has 5 rings (SSSR count). The number of amides is 1. The Balaban J connectivity index is 1.54. The average molecular weight is 468 g/mol. The summed E-state index contributed by atoms with van der Waals surface area (Å²) in [6.07, 6.45) is 1.91. The van der Waals surface area contributed by atoms with Crippen molar-refractivity contribution in [2.75, 3.05) is 4.90 Å². The Kier molecular flexibility index (Phi) is 5.99. The highest BCUT2D eigenvalue weighted by Gasteiger charge is 2.33. The SMILES string of the molecule is Cc1cccc(COc2ccc3ccccc3c2/C=C2/SC(=S)N(c3ccccc3)C2=O)c1. The minimum Gasteiger partial charge on any atom is -0.488 e. The number of thiocarbonyl (C=S) groups is 1. The zero-order chi connectivity index (χ0) is 22.8. The fourth-order valence-electron chi connectivity index (χ4n) is 3.91. The molecule has 33 heavy (non-hydrogen) atoms. The summed E-state index contributed by atoms with van der Waals surface area (Å²) in [4.78, 5) is 15.5. The summed E-state index contributed by atoms with van der Waals surface area (Å²) in [7, 11) is 0. The van der Waals surface area contributed by atoms with E-state index in [9.17, 15) is 4.79 Å². The Morgan fingerprint density at radius 2 is 1.73 bits per heavy atom. The molecule has 0 spiro atoms. The first-order valence-electron chi connectivity index (χ1n) is 10.6. The molecule has 0 radical (unpaired) electrons. The molecule has 0 N–H and O–H groups in total. The lowest BCUT2D eigenvalue weighted by atomic mass is 10.0. The fourth-order valence-corrected chi connectivity index (χ4v) is 5.19. The number of benzene rings is 4. The molecule has 1 heterocycles. The number of fused-ring (bicyclic) bond motifs is 1. The number of anilines is 1. The molecule has 1 aliphatic heterocycles. The van der Waals surface area contributed by atoms with Gasteiger partial charge in [0.1, 0.15) is 12.4 Å². The van der Waals surface area contributed by atoms with Crippen LogP contribution >= 0.6 is 24.0 Å². The standard InChI is InChI=1S/C28H21NO2S2/c1-19-8-7-9-20(16-19)18-31-25-15-14-21-10-5-6-13-23(21)24(25)17-26-27(30)29(28(32)33-26)22-11-3-2-4-12-22/h2-17H,18H2,1H3/b26-17+. The minimum absolute atomic E-state index is 0.117. The molecular weight excluding hydrogens is 446 g/mol. The second-order valence-corrected chi connectivity index (χ2v) is 9.50. The van der Waals surface area contributed by atoms with Crippen molar-refractivity contribution >= 4 is 56.7 Å². The lowest BCUT2D eigenvalue weighted by molar-refractivity contribution is -0.113. The van der Waals surface area contributed by atoms with Gasteiger partial charge in [0.05, 0.1) is 10.6 Å². The summed E-state index contributed by atoms with van der Waals surface area (Å²) in [6, 6.07) is 29.9. The smallest absolute Gasteiger partial charge is 0.270 e. The van der Waals surface area contributed by atoms with Crippen molar-refractivity contribution in [1.29, 1.82) is 0 Å². The zero-order valence-corrected chi connectivity index (χ0v) is 19.7. The van der Waals surface area contributed by atoms with Gasteiger partial charge in [-0.2, -0.15) is 0 Å². The van der Waals surface area contributed by atoms with E-state index in [2.05, 4.69) is 37.3 Å². The predicted octanol–water partition coefficient (Wildman–Crippen LogP) is 7.13. The Morgan fingerprint density at radius 3 is 2.55 bits per heavy atom. The van der Waals surface area contributed by atoms with Crippen LogP contribution in [0.5, 0.6) is 5.75 Å². The van der Waals surface area contributed by atoms with Crippen molar-refractivity contribution in [3.8, 4) is 5.75 Å². The van der Waals surface area contributed by atoms with E-state index in [0.29, 0.717) is 15.8 Å². The van der Waals surface area contributed by atoms with Crippen LogP contribution in [0.15, 0.2) is 95.9 Å². The van der Waals surface area contributed by atoms with Crippen LogP contribution < -0.4 is 9.64 Å². The van der Waals surface area contributed by atoms with Gasteiger partial charge in [0.2, 0.25) is 0 Å². The average Bonchev–Trinajstić information content (AvgIpc) is 3.11. The fraction of sp³-hybridized carbons (Fsp3) is 0.0714. The molecule has 4 aromatic carbocycles. The van der Waals surface area contributed by atoms with Gasteiger partial charge in [-0.15, -0.1) is 0 Å². The van der Waals surface area contributed by atoms with Gasteiger partial charge >= 0.3 is 0 Å². The van der Waals surface area contributed by atoms with Crippen LogP contribution in [0.2, 0.25) is 0 Å². The number of carbonyl (C=O) groups is 1. The Morgan fingerprint density at radius 1 is 0.939 bits per heavy atom. The first-order valence-corrected chi connectivity index (χ1v) is 11.9. The number of aryl methyl sites for hydroxylation is 1. The van der Waals surface area contributed by atoms with Crippen LogP contribution in [0, 0.1) is 6.92 Å². The van der Waals surface area contributed by atoms with Gasteiger partial charge in [-0.05, 0) is 47.5 Å². The number of nitrogens with zero attached hydrogens (tertiary/aromatic N) is 1. The van der Waals surface area contributed by atoms with Gasteiger partial charge in [0, 0.05) is 5.56 Å². The number of hydrogen-bond acceptors (Lipinski definition) is 4. The van der Waals surface area contributed by atoms with Crippen LogP contribution in [0.1, 0.15) is 16.7 Å². The van der Waals surface area contributed by atoms with Crippen LogP contribution in [0.3, 0.4) is 0 Å². The van der Waals surface area contributed by atoms with E-state index in [4.69, 9.17) is 17.0 Å². The predicted molar refractivity (Wildman–Crippen MR) is 142 cm³/mol. The third-order valence-electron chi connectivity index (χ3n) is 5.49. The van der Waals surface area contributed by atoms with E-state index in [1.54, 1.807) is 4.90 Å². The van der Waals surface area contributed by atoms with Gasteiger partial charge in [-0.3, -0.25) is 9.69 Å². The molecule has 1 saturated heterocycles. The molecule has 1 fully saturated rings. The van der Waals surface area contributed by atoms with Gasteiger partial charge in [-0.25, -0.2) is 0 Å². The molecule has 162 valence electrons. The van der Waals surface area contributed by atoms with Gasteiger partial charge in [0.15, 0.2) is 4.32 Å². The number of para-hydroxylation sites is 1. The summed E-state index contributed by atoms with van der Waals surface area (Å²) in [5.74, 6) is 0.619. The van der Waals surface area contributed by atoms with Crippen molar-refractivity contribution in [3.05, 3.63) is 113 Å². The molecule has 1 aliphatic rings. The molecule has 0 aliphatic carbocycles. The highest BCUT2D eigenvalue weighted by atomic mass is 32.2. The topological polar surface area (TPSA) is 29.5 Å². The highest BCUT2D eigenvalue weighted by Crippen LogP contribution is 2.39. The number of ether oxygens (including phenoxy) is 1. The quantitative estimate of drug-likeness (QED) is 0.231. The molecule has 5 heteroatoms. The summed E-state index contributed by atoms with van der Waals surface area (Å²) < 4.78 is 6.79. The Labute approximate surface area is 202 Å². The van der Waals surface area contributed by atoms with Crippen LogP contribution in [0.4, 0.5) is 5.69 Å². The number of hydrogen-bond donors (Lipinski definition) is 0. The van der Waals surface area contributed by atoms with E-state index >= 15 is 0 Å². The van der Waals surface area contributed by atoms with Crippen molar-refractivity contribution in [1.82, 2.24) is 0 Å². The summed E-state index contributed by atoms with van der Waals surface area (Å²) >= 11 is 6.86. The van der Waals surface area contributed by atoms with E-state index in [1.807, 2.05) is 66.7 Å². The molecule has 0 bridgehead atoms.